The zero-order valence-electron chi connectivity index (χ0n) is 9.25. The molecule has 84 valence electrons. The van der Waals surface area contributed by atoms with Gasteiger partial charge in [-0.3, -0.25) is 10.2 Å². The topological polar surface area (TPSA) is 67.6 Å². The van der Waals surface area contributed by atoms with Crippen LogP contribution in [0, 0.1) is 5.92 Å². The smallest absolute Gasteiger partial charge is 0.237 e. The maximum Gasteiger partial charge on any atom is 0.237 e. The normalized spacial score (nSPS) is 12.9. The lowest BCUT2D eigenvalue weighted by atomic mass is 10.1. The van der Waals surface area contributed by atoms with Gasteiger partial charge in [0.05, 0.1) is 6.61 Å². The number of nitrogens with one attached hydrogen (secondary N) is 1. The minimum atomic E-state index is -0.131. The summed E-state index contributed by atoms with van der Waals surface area (Å²) in [5.74, 6) is 4.81. The molecule has 3 N–H and O–H groups in total. The number of carbonyl (C=O) groups is 1. The summed E-state index contributed by atoms with van der Waals surface area (Å²) in [5, 5.41) is 0. The van der Waals surface area contributed by atoms with Gasteiger partial charge in [-0.25, -0.2) is 5.84 Å². The molecule has 14 heavy (non-hydrogen) atoms. The van der Waals surface area contributed by atoms with E-state index >= 15 is 0 Å². The molecular formula is C9H21N3O2. The summed E-state index contributed by atoms with van der Waals surface area (Å²) in [6.07, 6.45) is 0. The number of hydrogen-bond acceptors (Lipinski definition) is 4. The second-order valence-electron chi connectivity index (χ2n) is 3.37. The lowest BCUT2D eigenvalue weighted by molar-refractivity contribution is -0.125. The van der Waals surface area contributed by atoms with E-state index in [-0.39, 0.29) is 11.8 Å². The molecule has 0 aliphatic carbocycles. The molecule has 0 spiro atoms. The minimum absolute atomic E-state index is 0.0911. The Kier molecular flexibility index (Phi) is 7.37. The summed E-state index contributed by atoms with van der Waals surface area (Å²) >= 11 is 0. The van der Waals surface area contributed by atoms with E-state index < -0.39 is 0 Å². The zero-order chi connectivity index (χ0) is 11.0. The van der Waals surface area contributed by atoms with E-state index in [0.29, 0.717) is 13.2 Å². The number of nitrogens with two attached hydrogens (primary N) is 1. The van der Waals surface area contributed by atoms with Gasteiger partial charge in [0.15, 0.2) is 0 Å². The average molecular weight is 203 g/mol. The van der Waals surface area contributed by atoms with Crippen molar-refractivity contribution in [2.75, 3.05) is 33.4 Å². The van der Waals surface area contributed by atoms with Crippen molar-refractivity contribution in [3.63, 3.8) is 0 Å². The predicted octanol–water partition coefficient (Wildman–Crippen LogP) is -0.419. The fraction of sp³-hybridized carbons (Fsp3) is 0.889. The molecule has 0 saturated carbocycles. The van der Waals surface area contributed by atoms with E-state index in [1.54, 1.807) is 0 Å². The minimum Gasteiger partial charge on any atom is -0.380 e. The molecule has 0 bridgehead atoms. The maximum atomic E-state index is 11.1. The average Bonchev–Trinajstić information content (AvgIpc) is 2.16. The SMILES string of the molecule is CCOCCN(C)CC(C)C(=O)NN. The van der Waals surface area contributed by atoms with E-state index in [2.05, 4.69) is 10.3 Å². The number of hydrazine groups is 1. The molecule has 5 nitrogen and oxygen atoms in total. The highest BCUT2D eigenvalue weighted by atomic mass is 16.5. The molecule has 0 aromatic carbocycles. The number of ether oxygens (including phenoxy) is 1. The Bertz CT molecular complexity index is 164. The Morgan fingerprint density at radius 3 is 2.79 bits per heavy atom. The van der Waals surface area contributed by atoms with Crippen molar-refractivity contribution in [1.29, 1.82) is 0 Å². The Morgan fingerprint density at radius 2 is 2.29 bits per heavy atom. The molecule has 0 radical (unpaired) electrons. The zero-order valence-corrected chi connectivity index (χ0v) is 9.25. The van der Waals surface area contributed by atoms with Crippen LogP contribution in [-0.2, 0) is 9.53 Å². The number of nitrogens with zero attached hydrogens (tertiary/aromatic N) is 1. The van der Waals surface area contributed by atoms with Gasteiger partial charge in [-0.1, -0.05) is 6.92 Å². The standard InChI is InChI=1S/C9H21N3O2/c1-4-14-6-5-12(3)7-8(2)9(13)11-10/h8H,4-7,10H2,1-3H3,(H,11,13). The Balaban J connectivity index is 3.59. The summed E-state index contributed by atoms with van der Waals surface area (Å²) in [5.41, 5.74) is 2.14. The van der Waals surface area contributed by atoms with Crippen LogP contribution in [0.1, 0.15) is 13.8 Å². The maximum absolute atomic E-state index is 11.1. The first-order valence-corrected chi connectivity index (χ1v) is 4.88. The fourth-order valence-electron chi connectivity index (χ4n) is 1.15. The van der Waals surface area contributed by atoms with Crippen LogP contribution in [0.3, 0.4) is 0 Å². The van der Waals surface area contributed by atoms with Crippen LogP contribution in [0.4, 0.5) is 0 Å². The lowest BCUT2D eigenvalue weighted by Gasteiger charge is -2.19. The lowest BCUT2D eigenvalue weighted by Crippen LogP contribution is -2.40. The summed E-state index contributed by atoms with van der Waals surface area (Å²) in [7, 11) is 1.96. The van der Waals surface area contributed by atoms with Crippen molar-refractivity contribution in [3.8, 4) is 0 Å². The van der Waals surface area contributed by atoms with Gasteiger partial charge in [0.25, 0.3) is 0 Å². The van der Waals surface area contributed by atoms with Gasteiger partial charge in [-0.15, -0.1) is 0 Å². The van der Waals surface area contributed by atoms with Crippen LogP contribution in [-0.4, -0.2) is 44.2 Å². The van der Waals surface area contributed by atoms with Gasteiger partial charge in [-0.05, 0) is 14.0 Å². The van der Waals surface area contributed by atoms with Crippen LogP contribution >= 0.6 is 0 Å². The molecule has 0 rings (SSSR count). The molecule has 5 heteroatoms. The Morgan fingerprint density at radius 1 is 1.64 bits per heavy atom. The van der Waals surface area contributed by atoms with E-state index in [9.17, 15) is 4.79 Å². The third-order valence-corrected chi connectivity index (χ3v) is 2.00. The van der Waals surface area contributed by atoms with Gasteiger partial charge in [0, 0.05) is 25.6 Å². The highest BCUT2D eigenvalue weighted by molar-refractivity contribution is 5.77. The summed E-state index contributed by atoms with van der Waals surface area (Å²) < 4.78 is 5.21. The number of carbonyl (C=O) groups excluding carboxylic acids is 1. The van der Waals surface area contributed by atoms with Crippen molar-refractivity contribution in [2.45, 2.75) is 13.8 Å². The Labute approximate surface area is 85.6 Å². The summed E-state index contributed by atoms with van der Waals surface area (Å²) in [4.78, 5) is 13.1. The molecule has 1 atom stereocenters. The molecule has 0 aliphatic rings. The van der Waals surface area contributed by atoms with Gasteiger partial charge < -0.3 is 9.64 Å². The van der Waals surface area contributed by atoms with E-state index in [1.807, 2.05) is 20.9 Å². The number of hydrogen-bond donors (Lipinski definition) is 2. The Hall–Kier alpha value is -0.650. The van der Waals surface area contributed by atoms with Crippen molar-refractivity contribution in [3.05, 3.63) is 0 Å². The van der Waals surface area contributed by atoms with Gasteiger partial charge in [0.1, 0.15) is 0 Å². The van der Waals surface area contributed by atoms with E-state index in [4.69, 9.17) is 10.6 Å². The molecule has 0 heterocycles. The predicted molar refractivity (Wildman–Crippen MR) is 55.5 cm³/mol. The highest BCUT2D eigenvalue weighted by Crippen LogP contribution is 1.97. The van der Waals surface area contributed by atoms with Crippen molar-refractivity contribution in [1.82, 2.24) is 10.3 Å². The van der Waals surface area contributed by atoms with Crippen LogP contribution < -0.4 is 11.3 Å². The van der Waals surface area contributed by atoms with Crippen LogP contribution in [0.15, 0.2) is 0 Å². The van der Waals surface area contributed by atoms with Crippen LogP contribution in [0.5, 0.6) is 0 Å². The molecule has 0 fully saturated rings. The third kappa shape index (κ3) is 5.90. The summed E-state index contributed by atoms with van der Waals surface area (Å²) in [6.45, 7) is 6.76. The molecule has 0 aromatic heterocycles. The number of amides is 1. The monoisotopic (exact) mass is 203 g/mol. The fourth-order valence-corrected chi connectivity index (χ4v) is 1.15. The van der Waals surface area contributed by atoms with E-state index in [0.717, 1.165) is 13.2 Å². The summed E-state index contributed by atoms with van der Waals surface area (Å²) in [6, 6.07) is 0. The first-order chi connectivity index (χ1) is 6.61. The number of likely N-dealkylation sites (N-methyl/N-ethyl adjacent to an activating group) is 1. The molecule has 0 saturated heterocycles. The third-order valence-electron chi connectivity index (χ3n) is 2.00. The molecule has 1 amide bonds. The largest absolute Gasteiger partial charge is 0.380 e. The van der Waals surface area contributed by atoms with Crippen molar-refractivity contribution < 1.29 is 9.53 Å². The van der Waals surface area contributed by atoms with Crippen LogP contribution in [0.25, 0.3) is 0 Å². The van der Waals surface area contributed by atoms with Gasteiger partial charge in [0.2, 0.25) is 5.91 Å². The highest BCUT2D eigenvalue weighted by Gasteiger charge is 2.13. The molecular weight excluding hydrogens is 182 g/mol. The second kappa shape index (κ2) is 7.73. The first kappa shape index (κ1) is 13.4. The molecule has 0 aliphatic heterocycles. The molecule has 0 aromatic rings. The van der Waals surface area contributed by atoms with Gasteiger partial charge >= 0.3 is 0 Å². The molecule has 1 unspecified atom stereocenters. The number of rotatable bonds is 7. The first-order valence-electron chi connectivity index (χ1n) is 4.88. The van der Waals surface area contributed by atoms with Crippen LogP contribution in [0.2, 0.25) is 0 Å². The van der Waals surface area contributed by atoms with Gasteiger partial charge in [-0.2, -0.15) is 0 Å². The van der Waals surface area contributed by atoms with E-state index in [1.165, 1.54) is 0 Å². The quantitative estimate of drug-likeness (QED) is 0.255. The second-order valence-corrected chi connectivity index (χ2v) is 3.37. The van der Waals surface area contributed by atoms with Crippen molar-refractivity contribution in [2.24, 2.45) is 11.8 Å². The van der Waals surface area contributed by atoms with Crippen molar-refractivity contribution >= 4 is 5.91 Å².